The van der Waals surface area contributed by atoms with Gasteiger partial charge in [0.2, 0.25) is 0 Å². The second kappa shape index (κ2) is 6.70. The number of para-hydroxylation sites is 1. The quantitative estimate of drug-likeness (QED) is 0.825. The highest BCUT2D eigenvalue weighted by Crippen LogP contribution is 2.39. The van der Waals surface area contributed by atoms with Crippen molar-refractivity contribution in [1.29, 1.82) is 0 Å². The van der Waals surface area contributed by atoms with Gasteiger partial charge >= 0.3 is 0 Å². The first-order chi connectivity index (χ1) is 13.7. The minimum absolute atomic E-state index is 0.0802. The van der Waals surface area contributed by atoms with Crippen LogP contribution in [0.3, 0.4) is 0 Å². The molecule has 2 aromatic rings. The van der Waals surface area contributed by atoms with Crippen molar-refractivity contribution in [2.24, 2.45) is 0 Å². The summed E-state index contributed by atoms with van der Waals surface area (Å²) < 4.78 is 26.4. The van der Waals surface area contributed by atoms with E-state index in [1.54, 1.807) is 38.4 Å². The lowest BCUT2D eigenvalue weighted by Crippen LogP contribution is -2.31. The van der Waals surface area contributed by atoms with Gasteiger partial charge < -0.3 is 10.2 Å². The van der Waals surface area contributed by atoms with Gasteiger partial charge in [-0.2, -0.15) is 0 Å². The van der Waals surface area contributed by atoms with Gasteiger partial charge in [-0.25, -0.2) is 12.7 Å². The Labute approximate surface area is 168 Å². The Balaban J connectivity index is 1.66. The number of amides is 3. The molecular weight excluding hydrogens is 394 g/mol. The number of nitrogens with one attached hydrogen (secondary N) is 1. The molecule has 9 heteroatoms. The summed E-state index contributed by atoms with van der Waals surface area (Å²) >= 11 is 0. The van der Waals surface area contributed by atoms with Gasteiger partial charge in [-0.1, -0.05) is 12.1 Å². The number of fused-ring (bicyclic) bond motifs is 1. The number of hydrogen-bond donors (Lipinski definition) is 1. The van der Waals surface area contributed by atoms with E-state index in [0.29, 0.717) is 24.1 Å². The van der Waals surface area contributed by atoms with Gasteiger partial charge in [0.15, 0.2) is 0 Å². The highest BCUT2D eigenvalue weighted by Gasteiger charge is 2.48. The smallest absolute Gasteiger partial charge is 0.269 e. The number of anilines is 1. The predicted octanol–water partition coefficient (Wildman–Crippen LogP) is 1.95. The zero-order valence-corrected chi connectivity index (χ0v) is 16.7. The van der Waals surface area contributed by atoms with Crippen molar-refractivity contribution in [3.05, 3.63) is 59.2 Å². The van der Waals surface area contributed by atoms with Crippen LogP contribution in [0.2, 0.25) is 0 Å². The Morgan fingerprint density at radius 2 is 1.79 bits per heavy atom. The molecule has 0 radical (unpaired) electrons. The molecule has 8 nitrogen and oxygen atoms in total. The highest BCUT2D eigenvalue weighted by molar-refractivity contribution is 7.90. The second-order valence-corrected chi connectivity index (χ2v) is 9.03. The molecule has 1 N–H and O–H groups in total. The fraction of sp³-hybridized carbons (Fsp3) is 0.250. The first kappa shape index (κ1) is 19.1. The van der Waals surface area contributed by atoms with E-state index in [1.165, 1.54) is 23.1 Å². The van der Waals surface area contributed by atoms with Crippen molar-refractivity contribution in [2.45, 2.75) is 23.8 Å². The summed E-state index contributed by atoms with van der Waals surface area (Å²) in [5.41, 5.74) is 0.798. The highest BCUT2D eigenvalue weighted by atomic mass is 32.2. The van der Waals surface area contributed by atoms with E-state index in [-0.39, 0.29) is 28.0 Å². The molecule has 1 heterocycles. The molecule has 3 amide bonds. The van der Waals surface area contributed by atoms with Gasteiger partial charge in [0.05, 0.1) is 16.8 Å². The van der Waals surface area contributed by atoms with E-state index in [4.69, 9.17) is 0 Å². The van der Waals surface area contributed by atoms with Gasteiger partial charge in [0, 0.05) is 25.7 Å². The maximum atomic E-state index is 12.8. The minimum Gasteiger partial charge on any atom is -0.345 e. The van der Waals surface area contributed by atoms with Crippen molar-refractivity contribution in [2.75, 3.05) is 19.4 Å². The van der Waals surface area contributed by atoms with E-state index in [1.807, 2.05) is 0 Å². The average molecular weight is 413 g/mol. The second-order valence-electron chi connectivity index (χ2n) is 7.25. The third kappa shape index (κ3) is 3.17. The van der Waals surface area contributed by atoms with Crippen LogP contribution in [-0.2, 0) is 10.0 Å². The largest absolute Gasteiger partial charge is 0.345 e. The molecule has 2 aromatic carbocycles. The van der Waals surface area contributed by atoms with Gasteiger partial charge in [-0.15, -0.1) is 0 Å². The SMILES string of the molecule is CN(C)C(=O)c1ccccc1NC(=O)c1ccc2c(c1)S(=O)(=O)N(C1CC1)C2=O. The molecular formula is C20H19N3O5S. The first-order valence-electron chi connectivity index (χ1n) is 9.06. The molecule has 0 aromatic heterocycles. The molecule has 4 rings (SSSR count). The topological polar surface area (TPSA) is 104 Å². The molecule has 1 fully saturated rings. The average Bonchev–Trinajstić information content (AvgIpc) is 3.49. The molecule has 150 valence electrons. The number of sulfonamides is 1. The van der Waals surface area contributed by atoms with Gasteiger partial charge in [0.25, 0.3) is 27.7 Å². The molecule has 0 atom stereocenters. The zero-order chi connectivity index (χ0) is 20.9. The van der Waals surface area contributed by atoms with Crippen molar-refractivity contribution >= 4 is 33.4 Å². The van der Waals surface area contributed by atoms with Crippen molar-refractivity contribution in [3.8, 4) is 0 Å². The molecule has 1 saturated carbocycles. The number of hydrogen-bond acceptors (Lipinski definition) is 5. The Kier molecular flexibility index (Phi) is 4.42. The van der Waals surface area contributed by atoms with E-state index in [0.717, 1.165) is 4.31 Å². The van der Waals surface area contributed by atoms with E-state index in [9.17, 15) is 22.8 Å². The summed E-state index contributed by atoms with van der Waals surface area (Å²) in [6.45, 7) is 0. The van der Waals surface area contributed by atoms with Crippen LogP contribution in [0, 0.1) is 0 Å². The van der Waals surface area contributed by atoms with Crippen molar-refractivity contribution < 1.29 is 22.8 Å². The van der Waals surface area contributed by atoms with E-state index >= 15 is 0 Å². The Morgan fingerprint density at radius 3 is 2.45 bits per heavy atom. The summed E-state index contributed by atoms with van der Waals surface area (Å²) in [6.07, 6.45) is 1.31. The summed E-state index contributed by atoms with van der Waals surface area (Å²) in [5.74, 6) is -1.39. The van der Waals surface area contributed by atoms with Gasteiger partial charge in [-0.3, -0.25) is 14.4 Å². The van der Waals surface area contributed by atoms with Crippen LogP contribution < -0.4 is 5.32 Å². The van der Waals surface area contributed by atoms with Crippen molar-refractivity contribution in [1.82, 2.24) is 9.21 Å². The monoisotopic (exact) mass is 413 g/mol. The van der Waals surface area contributed by atoms with Crippen LogP contribution in [0.15, 0.2) is 47.4 Å². The van der Waals surface area contributed by atoms with E-state index < -0.39 is 21.8 Å². The number of benzene rings is 2. The summed E-state index contributed by atoms with van der Waals surface area (Å²) in [7, 11) is -0.739. The molecule has 0 spiro atoms. The molecule has 1 aliphatic carbocycles. The third-order valence-corrected chi connectivity index (χ3v) is 6.78. The minimum atomic E-state index is -3.95. The first-order valence-corrected chi connectivity index (χ1v) is 10.5. The fourth-order valence-electron chi connectivity index (χ4n) is 3.27. The summed E-state index contributed by atoms with van der Waals surface area (Å²) in [5, 5.41) is 2.66. The number of carbonyl (C=O) groups excluding carboxylic acids is 3. The molecule has 0 unspecified atom stereocenters. The number of rotatable bonds is 4. The van der Waals surface area contributed by atoms with Crippen LogP contribution in [-0.4, -0.2) is 55.5 Å². The van der Waals surface area contributed by atoms with Crippen LogP contribution in [0.25, 0.3) is 0 Å². The van der Waals surface area contributed by atoms with Crippen LogP contribution >= 0.6 is 0 Å². The fourth-order valence-corrected chi connectivity index (χ4v) is 5.11. The molecule has 29 heavy (non-hydrogen) atoms. The standard InChI is InChI=1S/C20H19N3O5S/c1-22(2)19(25)14-5-3-4-6-16(14)21-18(24)12-7-10-15-17(11-12)29(27,28)23(20(15)26)13-8-9-13/h3-7,10-11,13H,8-9H2,1-2H3,(H,21,24). The lowest BCUT2D eigenvalue weighted by atomic mass is 10.1. The number of carbonyl (C=O) groups is 3. The Bertz CT molecular complexity index is 1150. The lowest BCUT2D eigenvalue weighted by Gasteiger charge is -2.15. The molecule has 0 saturated heterocycles. The van der Waals surface area contributed by atoms with Crippen LogP contribution in [0.4, 0.5) is 5.69 Å². The summed E-state index contributed by atoms with van der Waals surface area (Å²) in [6, 6.07) is 10.3. The lowest BCUT2D eigenvalue weighted by molar-refractivity contribution is 0.0826. The third-order valence-electron chi connectivity index (χ3n) is 4.90. The predicted molar refractivity (Wildman–Crippen MR) is 105 cm³/mol. The zero-order valence-electron chi connectivity index (χ0n) is 15.9. The maximum Gasteiger partial charge on any atom is 0.269 e. The van der Waals surface area contributed by atoms with Crippen LogP contribution in [0.5, 0.6) is 0 Å². The molecule has 2 aliphatic rings. The van der Waals surface area contributed by atoms with E-state index in [2.05, 4.69) is 5.32 Å². The van der Waals surface area contributed by atoms with Crippen LogP contribution in [0.1, 0.15) is 43.9 Å². The molecule has 1 aliphatic heterocycles. The molecule has 0 bridgehead atoms. The van der Waals surface area contributed by atoms with Gasteiger partial charge in [0.1, 0.15) is 4.90 Å². The normalized spacial score (nSPS) is 17.0. The maximum absolute atomic E-state index is 12.8. The summed E-state index contributed by atoms with van der Waals surface area (Å²) in [4.78, 5) is 38.8. The van der Waals surface area contributed by atoms with Gasteiger partial charge in [-0.05, 0) is 43.2 Å². The Morgan fingerprint density at radius 1 is 1.10 bits per heavy atom. The number of nitrogens with zero attached hydrogens (tertiary/aromatic N) is 2. The van der Waals surface area contributed by atoms with Crippen molar-refractivity contribution in [3.63, 3.8) is 0 Å². The Hall–Kier alpha value is -3.20.